The molecule has 1 amide bonds. The summed E-state index contributed by atoms with van der Waals surface area (Å²) >= 11 is 1.59. The van der Waals surface area contributed by atoms with Crippen LogP contribution in [-0.4, -0.2) is 30.0 Å². The number of methoxy groups -OCH3 is 1. The second kappa shape index (κ2) is 6.83. The number of aromatic nitrogens is 2. The molecule has 0 spiro atoms. The first kappa shape index (κ1) is 17.6. The lowest BCUT2D eigenvalue weighted by atomic mass is 10.1. The Hall–Kier alpha value is -3.51. The van der Waals surface area contributed by atoms with Crippen molar-refractivity contribution in [1.29, 1.82) is 0 Å². The molecule has 0 aliphatic carbocycles. The van der Waals surface area contributed by atoms with Crippen molar-refractivity contribution in [3.8, 4) is 5.75 Å². The highest BCUT2D eigenvalue weighted by Gasteiger charge is 2.16. The van der Waals surface area contributed by atoms with Crippen molar-refractivity contribution in [2.45, 2.75) is 0 Å². The van der Waals surface area contributed by atoms with E-state index >= 15 is 0 Å². The largest absolute Gasteiger partial charge is 0.497 e. The number of benzene rings is 3. The van der Waals surface area contributed by atoms with Crippen LogP contribution in [0.5, 0.6) is 5.75 Å². The van der Waals surface area contributed by atoms with E-state index < -0.39 is 0 Å². The number of carbonyl (C=O) groups is 1. The molecule has 5 rings (SSSR count). The van der Waals surface area contributed by atoms with Crippen LogP contribution in [0.3, 0.4) is 0 Å². The number of thiophene rings is 1. The molecule has 0 saturated carbocycles. The summed E-state index contributed by atoms with van der Waals surface area (Å²) in [5.74, 6) is 0.678. The fourth-order valence-electron chi connectivity index (χ4n) is 3.39. The van der Waals surface area contributed by atoms with Crippen LogP contribution in [0.15, 0.2) is 66.7 Å². The molecule has 0 atom stereocenters. The van der Waals surface area contributed by atoms with E-state index in [0.29, 0.717) is 5.56 Å². The topological polar surface area (TPSA) is 55.3 Å². The van der Waals surface area contributed by atoms with Crippen LogP contribution in [0, 0.1) is 0 Å². The Morgan fingerprint density at radius 1 is 0.966 bits per heavy atom. The van der Waals surface area contributed by atoms with Gasteiger partial charge in [0.15, 0.2) is 0 Å². The zero-order chi connectivity index (χ0) is 20.0. The summed E-state index contributed by atoms with van der Waals surface area (Å²) < 4.78 is 6.26. The average Bonchev–Trinajstić information content (AvgIpc) is 3.13. The summed E-state index contributed by atoms with van der Waals surface area (Å²) in [6.45, 7) is 0. The van der Waals surface area contributed by atoms with Crippen molar-refractivity contribution in [1.82, 2.24) is 9.97 Å². The zero-order valence-corrected chi connectivity index (χ0v) is 16.7. The number of carbonyl (C=O) groups excluding carboxylic acids is 1. The molecular weight excluding hydrogens is 382 g/mol. The number of amides is 1. The minimum absolute atomic E-state index is 0.0786. The quantitative estimate of drug-likeness (QED) is 0.414. The van der Waals surface area contributed by atoms with Crippen molar-refractivity contribution in [2.24, 2.45) is 0 Å². The van der Waals surface area contributed by atoms with Gasteiger partial charge in [-0.3, -0.25) is 4.79 Å². The van der Waals surface area contributed by atoms with Crippen LogP contribution in [0.2, 0.25) is 0 Å². The zero-order valence-electron chi connectivity index (χ0n) is 15.9. The summed E-state index contributed by atoms with van der Waals surface area (Å²) in [5.41, 5.74) is 3.99. The molecule has 0 unspecified atom stereocenters. The van der Waals surface area contributed by atoms with Crippen molar-refractivity contribution >= 4 is 54.4 Å². The smallest absolute Gasteiger partial charge is 0.258 e. The van der Waals surface area contributed by atoms with Gasteiger partial charge in [0, 0.05) is 28.4 Å². The minimum Gasteiger partial charge on any atom is -0.497 e. The monoisotopic (exact) mass is 399 g/mol. The van der Waals surface area contributed by atoms with E-state index in [0.717, 1.165) is 42.9 Å². The Morgan fingerprint density at radius 3 is 2.41 bits per heavy atom. The normalized spacial score (nSPS) is 11.2. The Balaban J connectivity index is 1.58. The first-order valence-electron chi connectivity index (χ1n) is 9.15. The molecule has 3 aromatic carbocycles. The number of para-hydroxylation sites is 2. The lowest BCUT2D eigenvalue weighted by molar-refractivity contribution is 0.0993. The maximum Gasteiger partial charge on any atom is 0.258 e. The third kappa shape index (κ3) is 2.98. The fourth-order valence-corrected chi connectivity index (χ4v) is 4.39. The summed E-state index contributed by atoms with van der Waals surface area (Å²) in [5, 5.41) is 0.956. The highest BCUT2D eigenvalue weighted by molar-refractivity contribution is 7.25. The van der Waals surface area contributed by atoms with Gasteiger partial charge in [-0.15, -0.1) is 11.3 Å². The summed E-state index contributed by atoms with van der Waals surface area (Å²) in [7, 11) is 3.39. The maximum atomic E-state index is 13.1. The summed E-state index contributed by atoms with van der Waals surface area (Å²) in [6.07, 6.45) is 0. The highest BCUT2D eigenvalue weighted by atomic mass is 32.1. The predicted molar refractivity (Wildman–Crippen MR) is 118 cm³/mol. The first-order valence-corrected chi connectivity index (χ1v) is 9.97. The van der Waals surface area contributed by atoms with E-state index in [2.05, 4.69) is 0 Å². The molecule has 2 heterocycles. The second-order valence-electron chi connectivity index (χ2n) is 6.74. The molecule has 142 valence electrons. The van der Waals surface area contributed by atoms with Crippen molar-refractivity contribution < 1.29 is 9.53 Å². The maximum absolute atomic E-state index is 13.1. The van der Waals surface area contributed by atoms with E-state index in [1.165, 1.54) is 0 Å². The van der Waals surface area contributed by atoms with Crippen LogP contribution in [-0.2, 0) is 0 Å². The number of hydrogen-bond acceptors (Lipinski definition) is 5. The molecule has 0 aliphatic rings. The number of nitrogens with zero attached hydrogens (tertiary/aromatic N) is 3. The van der Waals surface area contributed by atoms with Gasteiger partial charge in [-0.2, -0.15) is 0 Å². The predicted octanol–water partition coefficient (Wildman–Crippen LogP) is 5.28. The molecule has 0 aliphatic heterocycles. The molecule has 0 N–H and O–H groups in total. The minimum atomic E-state index is -0.0786. The van der Waals surface area contributed by atoms with Crippen LogP contribution in [0.1, 0.15) is 10.4 Å². The van der Waals surface area contributed by atoms with Gasteiger partial charge in [0.1, 0.15) is 16.1 Å². The van der Waals surface area contributed by atoms with Gasteiger partial charge in [-0.1, -0.05) is 12.1 Å². The van der Waals surface area contributed by atoms with Gasteiger partial charge in [-0.25, -0.2) is 9.97 Å². The van der Waals surface area contributed by atoms with E-state index in [1.807, 2.05) is 66.7 Å². The van der Waals surface area contributed by atoms with E-state index in [9.17, 15) is 4.79 Å². The number of rotatable bonds is 3. The number of ether oxygens (including phenoxy) is 1. The molecule has 0 bridgehead atoms. The van der Waals surface area contributed by atoms with Crippen LogP contribution in [0.25, 0.3) is 31.5 Å². The van der Waals surface area contributed by atoms with Gasteiger partial charge in [0.2, 0.25) is 0 Å². The molecule has 5 aromatic rings. The molecular formula is C23H17N3O2S. The second-order valence-corrected chi connectivity index (χ2v) is 7.77. The van der Waals surface area contributed by atoms with Crippen molar-refractivity contribution in [3.05, 3.63) is 72.3 Å². The Kier molecular flexibility index (Phi) is 4.14. The van der Waals surface area contributed by atoms with Crippen LogP contribution in [0.4, 0.5) is 5.69 Å². The van der Waals surface area contributed by atoms with Gasteiger partial charge in [-0.05, 0) is 54.6 Å². The third-order valence-electron chi connectivity index (χ3n) is 4.99. The van der Waals surface area contributed by atoms with Gasteiger partial charge >= 0.3 is 0 Å². The van der Waals surface area contributed by atoms with Crippen LogP contribution < -0.4 is 9.64 Å². The fraction of sp³-hybridized carbons (Fsp3) is 0.0870. The van der Waals surface area contributed by atoms with E-state index in [4.69, 9.17) is 14.7 Å². The van der Waals surface area contributed by atoms with Crippen LogP contribution >= 0.6 is 11.3 Å². The molecule has 6 heteroatoms. The SMILES string of the molecule is COc1ccc(N(C)C(=O)c2ccc3sc4nc5ccccc5nc4c3c2)cc1. The Bertz CT molecular complexity index is 1380. The Labute approximate surface area is 171 Å². The molecule has 0 fully saturated rings. The molecule has 0 radical (unpaired) electrons. The summed E-state index contributed by atoms with van der Waals surface area (Å²) in [6, 6.07) is 21.0. The lowest BCUT2D eigenvalue weighted by Gasteiger charge is -2.17. The lowest BCUT2D eigenvalue weighted by Crippen LogP contribution is -2.26. The molecule has 0 saturated heterocycles. The molecule has 5 nitrogen and oxygen atoms in total. The molecule has 29 heavy (non-hydrogen) atoms. The Morgan fingerprint density at radius 2 is 1.69 bits per heavy atom. The summed E-state index contributed by atoms with van der Waals surface area (Å²) in [4.78, 5) is 25.1. The number of hydrogen-bond donors (Lipinski definition) is 0. The standard InChI is InChI=1S/C23H17N3O2S/c1-26(15-8-10-16(28-2)11-9-15)23(27)14-7-12-20-17(13-14)21-22(29-20)25-19-6-4-3-5-18(19)24-21/h3-13H,1-2H3. The van der Waals surface area contributed by atoms with Crippen molar-refractivity contribution in [2.75, 3.05) is 19.1 Å². The number of anilines is 1. The van der Waals surface area contributed by atoms with Gasteiger partial charge in [0.05, 0.1) is 18.1 Å². The first-order chi connectivity index (χ1) is 14.1. The highest BCUT2D eigenvalue weighted by Crippen LogP contribution is 2.33. The third-order valence-corrected chi connectivity index (χ3v) is 6.05. The van der Waals surface area contributed by atoms with E-state index in [-0.39, 0.29) is 5.91 Å². The van der Waals surface area contributed by atoms with Gasteiger partial charge in [0.25, 0.3) is 5.91 Å². The van der Waals surface area contributed by atoms with Gasteiger partial charge < -0.3 is 9.64 Å². The van der Waals surface area contributed by atoms with E-state index in [1.54, 1.807) is 30.4 Å². The average molecular weight is 399 g/mol. The number of fused-ring (bicyclic) bond motifs is 4. The van der Waals surface area contributed by atoms with Crippen molar-refractivity contribution in [3.63, 3.8) is 0 Å². The molecule has 2 aromatic heterocycles.